The Morgan fingerprint density at radius 2 is 2.06 bits per heavy atom. The van der Waals surface area contributed by atoms with Gasteiger partial charge in [-0.15, -0.1) is 0 Å². The van der Waals surface area contributed by atoms with Crippen LogP contribution in [0.25, 0.3) is 0 Å². The van der Waals surface area contributed by atoms with Crippen molar-refractivity contribution in [2.45, 2.75) is 6.42 Å². The van der Waals surface area contributed by atoms with Crippen LogP contribution in [0.15, 0.2) is 24.3 Å². The number of benzene rings is 1. The summed E-state index contributed by atoms with van der Waals surface area (Å²) in [5, 5.41) is 8.81. The molecule has 4 heteroatoms. The maximum absolute atomic E-state index is 10.7. The molecule has 1 spiro atoms. The van der Waals surface area contributed by atoms with Crippen molar-refractivity contribution in [3.05, 3.63) is 29.8 Å². The lowest BCUT2D eigenvalue weighted by molar-refractivity contribution is -0.136. The van der Waals surface area contributed by atoms with E-state index in [0.29, 0.717) is 5.41 Å². The second-order valence-corrected chi connectivity index (χ2v) is 5.77. The van der Waals surface area contributed by atoms with Crippen LogP contribution in [-0.4, -0.2) is 49.2 Å². The molecule has 0 atom stereocenters. The van der Waals surface area contributed by atoms with E-state index in [9.17, 15) is 4.79 Å². The maximum atomic E-state index is 10.7. The minimum Gasteiger partial charge on any atom is -0.481 e. The van der Waals surface area contributed by atoms with Crippen molar-refractivity contribution in [3.63, 3.8) is 0 Å². The van der Waals surface area contributed by atoms with Crippen LogP contribution >= 0.6 is 0 Å². The van der Waals surface area contributed by atoms with Crippen molar-refractivity contribution in [1.29, 1.82) is 0 Å². The highest BCUT2D eigenvalue weighted by atomic mass is 16.4. The Balaban J connectivity index is 1.65. The van der Waals surface area contributed by atoms with Crippen LogP contribution in [0.5, 0.6) is 0 Å². The second-order valence-electron chi connectivity index (χ2n) is 5.77. The molecule has 0 saturated carbocycles. The fourth-order valence-electron chi connectivity index (χ4n) is 3.28. The third kappa shape index (κ3) is 1.97. The van der Waals surface area contributed by atoms with Crippen LogP contribution in [0.4, 0.5) is 5.69 Å². The van der Waals surface area contributed by atoms with Gasteiger partial charge in [0.25, 0.3) is 0 Å². The molecule has 2 aliphatic heterocycles. The predicted octanol–water partition coefficient (Wildman–Crippen LogP) is 1.07. The van der Waals surface area contributed by atoms with Gasteiger partial charge >= 0.3 is 5.97 Å². The molecular formula is C14H18N2O2. The van der Waals surface area contributed by atoms with Gasteiger partial charge in [0.15, 0.2) is 0 Å². The zero-order valence-corrected chi connectivity index (χ0v) is 10.6. The van der Waals surface area contributed by atoms with E-state index >= 15 is 0 Å². The van der Waals surface area contributed by atoms with Crippen LogP contribution < -0.4 is 4.90 Å². The normalized spacial score (nSPS) is 21.5. The summed E-state index contributed by atoms with van der Waals surface area (Å²) in [7, 11) is 2.15. The standard InChI is InChI=1S/C14H18N2O2/c1-15-7-14(8-15)9-16(10-14)12-4-2-3-11(5-12)6-13(17)18/h2-5H,6-10H2,1H3,(H,17,18). The molecule has 0 bridgehead atoms. The molecule has 1 aromatic carbocycles. The molecule has 4 nitrogen and oxygen atoms in total. The minimum absolute atomic E-state index is 0.107. The molecule has 0 radical (unpaired) electrons. The van der Waals surface area contributed by atoms with Crippen molar-refractivity contribution in [3.8, 4) is 0 Å². The summed E-state index contributed by atoms with van der Waals surface area (Å²) in [4.78, 5) is 15.4. The Bertz CT molecular complexity index is 472. The van der Waals surface area contributed by atoms with Gasteiger partial charge in [0.1, 0.15) is 0 Å². The largest absolute Gasteiger partial charge is 0.481 e. The number of hydrogen-bond donors (Lipinski definition) is 1. The first kappa shape index (κ1) is 11.5. The Kier molecular flexibility index (Phi) is 2.55. The lowest BCUT2D eigenvalue weighted by Crippen LogP contribution is -2.71. The van der Waals surface area contributed by atoms with E-state index in [2.05, 4.69) is 22.9 Å². The van der Waals surface area contributed by atoms with Crippen LogP contribution in [0, 0.1) is 5.41 Å². The van der Waals surface area contributed by atoms with Crippen molar-refractivity contribution in [1.82, 2.24) is 4.90 Å². The van der Waals surface area contributed by atoms with Crippen LogP contribution in [0.1, 0.15) is 5.56 Å². The fraction of sp³-hybridized carbons (Fsp3) is 0.500. The molecule has 1 aromatic rings. The van der Waals surface area contributed by atoms with E-state index in [1.165, 1.54) is 13.1 Å². The van der Waals surface area contributed by atoms with Gasteiger partial charge in [-0.2, -0.15) is 0 Å². The Morgan fingerprint density at radius 3 is 2.67 bits per heavy atom. The third-order valence-corrected chi connectivity index (χ3v) is 3.89. The predicted molar refractivity (Wildman–Crippen MR) is 69.9 cm³/mol. The van der Waals surface area contributed by atoms with Gasteiger partial charge in [-0.3, -0.25) is 4.79 Å². The van der Waals surface area contributed by atoms with Crippen LogP contribution in [0.2, 0.25) is 0 Å². The monoisotopic (exact) mass is 246 g/mol. The molecular weight excluding hydrogens is 228 g/mol. The smallest absolute Gasteiger partial charge is 0.307 e. The van der Waals surface area contributed by atoms with E-state index in [1.54, 1.807) is 0 Å². The molecule has 2 aliphatic rings. The number of carboxylic acid groups (broad SMARTS) is 1. The Labute approximate surface area is 107 Å². The van der Waals surface area contributed by atoms with Crippen molar-refractivity contribution >= 4 is 11.7 Å². The number of nitrogens with zero attached hydrogens (tertiary/aromatic N) is 2. The second kappa shape index (κ2) is 3.99. The van der Waals surface area contributed by atoms with Crippen molar-refractivity contribution in [2.75, 3.05) is 38.1 Å². The molecule has 0 unspecified atom stereocenters. The van der Waals surface area contributed by atoms with Crippen LogP contribution in [-0.2, 0) is 11.2 Å². The van der Waals surface area contributed by atoms with Crippen LogP contribution in [0.3, 0.4) is 0 Å². The zero-order valence-electron chi connectivity index (χ0n) is 10.6. The quantitative estimate of drug-likeness (QED) is 0.866. The summed E-state index contributed by atoms with van der Waals surface area (Å²) >= 11 is 0. The zero-order chi connectivity index (χ0) is 12.8. The molecule has 2 fully saturated rings. The third-order valence-electron chi connectivity index (χ3n) is 3.89. The number of carboxylic acids is 1. The highest BCUT2D eigenvalue weighted by Crippen LogP contribution is 2.41. The number of carbonyl (C=O) groups is 1. The van der Waals surface area contributed by atoms with Gasteiger partial charge in [0, 0.05) is 37.3 Å². The average Bonchev–Trinajstić information content (AvgIpc) is 2.20. The minimum atomic E-state index is -0.771. The summed E-state index contributed by atoms with van der Waals surface area (Å²) in [5.41, 5.74) is 2.55. The summed E-state index contributed by atoms with van der Waals surface area (Å²) in [6.07, 6.45) is 0.107. The molecule has 0 aliphatic carbocycles. The molecule has 2 saturated heterocycles. The van der Waals surface area contributed by atoms with Gasteiger partial charge in [0.05, 0.1) is 6.42 Å². The number of rotatable bonds is 3. The number of anilines is 1. The molecule has 0 amide bonds. The molecule has 18 heavy (non-hydrogen) atoms. The molecule has 3 rings (SSSR count). The van der Waals surface area contributed by atoms with Gasteiger partial charge < -0.3 is 14.9 Å². The number of aliphatic carboxylic acids is 1. The first-order valence-corrected chi connectivity index (χ1v) is 6.31. The van der Waals surface area contributed by atoms with E-state index < -0.39 is 5.97 Å². The fourth-order valence-corrected chi connectivity index (χ4v) is 3.28. The van der Waals surface area contributed by atoms with E-state index in [1.807, 2.05) is 18.2 Å². The van der Waals surface area contributed by atoms with Gasteiger partial charge in [0.2, 0.25) is 0 Å². The Hall–Kier alpha value is -1.55. The van der Waals surface area contributed by atoms with Crippen molar-refractivity contribution < 1.29 is 9.90 Å². The lowest BCUT2D eigenvalue weighted by Gasteiger charge is -2.60. The number of hydrogen-bond acceptors (Lipinski definition) is 3. The number of likely N-dealkylation sites (tertiary alicyclic amines) is 1. The summed E-state index contributed by atoms with van der Waals surface area (Å²) < 4.78 is 0. The average molecular weight is 246 g/mol. The molecule has 2 heterocycles. The van der Waals surface area contributed by atoms with Gasteiger partial charge in [-0.05, 0) is 24.7 Å². The van der Waals surface area contributed by atoms with E-state index in [4.69, 9.17) is 5.11 Å². The highest BCUT2D eigenvalue weighted by molar-refractivity contribution is 5.71. The van der Waals surface area contributed by atoms with E-state index in [-0.39, 0.29) is 6.42 Å². The molecule has 96 valence electrons. The molecule has 0 aromatic heterocycles. The summed E-state index contributed by atoms with van der Waals surface area (Å²) in [5.74, 6) is -0.771. The Morgan fingerprint density at radius 1 is 1.33 bits per heavy atom. The summed E-state index contributed by atoms with van der Waals surface area (Å²) in [6, 6.07) is 7.90. The first-order valence-electron chi connectivity index (χ1n) is 6.31. The highest BCUT2D eigenvalue weighted by Gasteiger charge is 2.50. The first-order chi connectivity index (χ1) is 8.56. The van der Waals surface area contributed by atoms with Gasteiger partial charge in [-0.1, -0.05) is 12.1 Å². The lowest BCUT2D eigenvalue weighted by atomic mass is 9.73. The van der Waals surface area contributed by atoms with Crippen molar-refractivity contribution in [2.24, 2.45) is 5.41 Å². The topological polar surface area (TPSA) is 43.8 Å². The SMILES string of the molecule is CN1CC2(C1)CN(c1cccc(CC(=O)O)c1)C2. The van der Waals surface area contributed by atoms with E-state index in [0.717, 1.165) is 24.3 Å². The maximum Gasteiger partial charge on any atom is 0.307 e. The summed E-state index contributed by atoms with van der Waals surface area (Å²) in [6.45, 7) is 4.60. The van der Waals surface area contributed by atoms with Gasteiger partial charge in [-0.25, -0.2) is 0 Å². The molecule has 1 N–H and O–H groups in total.